The van der Waals surface area contributed by atoms with Gasteiger partial charge in [-0.05, 0) is 38.6 Å². The summed E-state index contributed by atoms with van der Waals surface area (Å²) < 4.78 is 0. The first-order valence-corrected chi connectivity index (χ1v) is 7.50. The fourth-order valence-electron chi connectivity index (χ4n) is 3.17. The highest BCUT2D eigenvalue weighted by Gasteiger charge is 2.33. The third-order valence-corrected chi connectivity index (χ3v) is 4.57. The van der Waals surface area contributed by atoms with E-state index in [9.17, 15) is 4.79 Å². The number of carbonyl (C=O) groups is 1. The number of ketones is 1. The second kappa shape index (κ2) is 6.33. The number of Topliss-reactive ketones (excluding diaryl/α,β-unsaturated/α-hetero) is 1. The zero-order valence-electron chi connectivity index (χ0n) is 12.3. The van der Waals surface area contributed by atoms with E-state index in [1.165, 1.54) is 12.8 Å². The van der Waals surface area contributed by atoms with Crippen molar-refractivity contribution in [1.82, 2.24) is 4.90 Å². The summed E-state index contributed by atoms with van der Waals surface area (Å²) in [5.41, 5.74) is 0.847. The highest BCUT2D eigenvalue weighted by atomic mass is 16.1. The van der Waals surface area contributed by atoms with Crippen LogP contribution in [0.1, 0.15) is 50.4 Å². The van der Waals surface area contributed by atoms with Crippen molar-refractivity contribution in [3.63, 3.8) is 0 Å². The molecule has 19 heavy (non-hydrogen) atoms. The van der Waals surface area contributed by atoms with Crippen molar-refractivity contribution in [3.05, 3.63) is 35.9 Å². The van der Waals surface area contributed by atoms with Crippen molar-refractivity contribution in [3.8, 4) is 0 Å². The lowest BCUT2D eigenvalue weighted by molar-refractivity contribution is 0.0513. The fraction of sp³-hybridized carbons (Fsp3) is 0.588. The Balaban J connectivity index is 2.17. The summed E-state index contributed by atoms with van der Waals surface area (Å²) in [5.74, 6) is 0.968. The monoisotopic (exact) mass is 259 g/mol. The highest BCUT2D eigenvalue weighted by molar-refractivity contribution is 6.00. The third kappa shape index (κ3) is 3.06. The van der Waals surface area contributed by atoms with Crippen molar-refractivity contribution in [2.75, 3.05) is 6.54 Å². The van der Waals surface area contributed by atoms with Gasteiger partial charge in [0.25, 0.3) is 0 Å². The molecule has 0 bridgehead atoms. The summed E-state index contributed by atoms with van der Waals surface area (Å²) in [5, 5.41) is 0. The van der Waals surface area contributed by atoms with Crippen LogP contribution < -0.4 is 0 Å². The Kier molecular flexibility index (Phi) is 4.76. The molecule has 0 amide bonds. The van der Waals surface area contributed by atoms with Crippen LogP contribution in [0.4, 0.5) is 0 Å². The van der Waals surface area contributed by atoms with E-state index < -0.39 is 0 Å². The van der Waals surface area contributed by atoms with E-state index in [1.54, 1.807) is 0 Å². The number of hydrogen-bond acceptors (Lipinski definition) is 2. The van der Waals surface area contributed by atoms with Crippen LogP contribution in [0.3, 0.4) is 0 Å². The molecule has 2 nitrogen and oxygen atoms in total. The zero-order chi connectivity index (χ0) is 13.8. The minimum Gasteiger partial charge on any atom is -0.292 e. The smallest absolute Gasteiger partial charge is 0.179 e. The summed E-state index contributed by atoms with van der Waals surface area (Å²) in [6, 6.07) is 10.3. The van der Waals surface area contributed by atoms with Gasteiger partial charge in [-0.25, -0.2) is 0 Å². The second-order valence-electron chi connectivity index (χ2n) is 5.75. The van der Waals surface area contributed by atoms with Crippen molar-refractivity contribution in [2.24, 2.45) is 5.92 Å². The van der Waals surface area contributed by atoms with E-state index in [0.29, 0.717) is 12.0 Å². The van der Waals surface area contributed by atoms with Gasteiger partial charge in [0.15, 0.2) is 5.78 Å². The van der Waals surface area contributed by atoms with Crippen LogP contribution >= 0.6 is 0 Å². The Morgan fingerprint density at radius 3 is 2.63 bits per heavy atom. The molecule has 1 fully saturated rings. The predicted octanol–water partition coefficient (Wildman–Crippen LogP) is 3.77. The minimum absolute atomic E-state index is 0.0418. The molecule has 1 aromatic rings. The number of hydrogen-bond donors (Lipinski definition) is 0. The molecule has 0 radical (unpaired) electrons. The van der Waals surface area contributed by atoms with Crippen LogP contribution in [0.5, 0.6) is 0 Å². The summed E-state index contributed by atoms with van der Waals surface area (Å²) in [6.07, 6.45) is 3.39. The van der Waals surface area contributed by atoms with Crippen LogP contribution in [-0.4, -0.2) is 29.3 Å². The first kappa shape index (κ1) is 14.3. The largest absolute Gasteiger partial charge is 0.292 e. The Bertz CT molecular complexity index is 415. The SMILES string of the molecule is CCC(C(=O)c1ccccc1)N1CCCC(C)C1C. The van der Waals surface area contributed by atoms with Crippen LogP contribution in [0.2, 0.25) is 0 Å². The Morgan fingerprint density at radius 1 is 1.32 bits per heavy atom. The lowest BCUT2D eigenvalue weighted by Gasteiger charge is -2.42. The Hall–Kier alpha value is -1.15. The van der Waals surface area contributed by atoms with Gasteiger partial charge in [0, 0.05) is 11.6 Å². The van der Waals surface area contributed by atoms with Crippen LogP contribution in [0.25, 0.3) is 0 Å². The van der Waals surface area contributed by atoms with Gasteiger partial charge in [0.1, 0.15) is 0 Å². The maximum Gasteiger partial charge on any atom is 0.179 e. The average molecular weight is 259 g/mol. The maximum absolute atomic E-state index is 12.7. The van der Waals surface area contributed by atoms with Gasteiger partial charge in [-0.1, -0.05) is 44.2 Å². The van der Waals surface area contributed by atoms with E-state index in [0.717, 1.165) is 18.5 Å². The first-order valence-electron chi connectivity index (χ1n) is 7.50. The quantitative estimate of drug-likeness (QED) is 0.767. The van der Waals surface area contributed by atoms with Gasteiger partial charge in [-0.3, -0.25) is 9.69 Å². The molecule has 1 heterocycles. The molecule has 0 N–H and O–H groups in total. The molecule has 1 aliphatic rings. The van der Waals surface area contributed by atoms with Crippen molar-refractivity contribution in [2.45, 2.75) is 52.1 Å². The van der Waals surface area contributed by atoms with Gasteiger partial charge >= 0.3 is 0 Å². The third-order valence-electron chi connectivity index (χ3n) is 4.57. The Morgan fingerprint density at radius 2 is 2.00 bits per heavy atom. The molecule has 1 aliphatic heterocycles. The highest BCUT2D eigenvalue weighted by Crippen LogP contribution is 2.27. The zero-order valence-corrected chi connectivity index (χ0v) is 12.3. The van der Waals surface area contributed by atoms with Crippen molar-refractivity contribution >= 4 is 5.78 Å². The van der Waals surface area contributed by atoms with Gasteiger partial charge in [0.05, 0.1) is 6.04 Å². The summed E-state index contributed by atoms with van der Waals surface area (Å²) in [6.45, 7) is 7.75. The van der Waals surface area contributed by atoms with Crippen LogP contribution in [-0.2, 0) is 0 Å². The number of rotatable bonds is 4. The molecule has 2 heteroatoms. The molecular weight excluding hydrogens is 234 g/mol. The molecule has 1 aromatic carbocycles. The second-order valence-corrected chi connectivity index (χ2v) is 5.75. The molecular formula is C17H25NO. The molecule has 3 atom stereocenters. The van der Waals surface area contributed by atoms with E-state index in [4.69, 9.17) is 0 Å². The van der Waals surface area contributed by atoms with Gasteiger partial charge < -0.3 is 0 Å². The molecule has 0 aromatic heterocycles. The van der Waals surface area contributed by atoms with E-state index in [2.05, 4.69) is 25.7 Å². The van der Waals surface area contributed by atoms with Crippen molar-refractivity contribution in [1.29, 1.82) is 0 Å². The predicted molar refractivity (Wildman–Crippen MR) is 79.4 cm³/mol. The first-order chi connectivity index (χ1) is 9.15. The van der Waals surface area contributed by atoms with Crippen LogP contribution in [0.15, 0.2) is 30.3 Å². The van der Waals surface area contributed by atoms with Crippen LogP contribution in [0, 0.1) is 5.92 Å². The van der Waals surface area contributed by atoms with Gasteiger partial charge in [-0.2, -0.15) is 0 Å². The molecule has 3 unspecified atom stereocenters. The summed E-state index contributed by atoms with van der Waals surface area (Å²) >= 11 is 0. The fourth-order valence-corrected chi connectivity index (χ4v) is 3.17. The molecule has 104 valence electrons. The Labute approximate surface area is 116 Å². The summed E-state index contributed by atoms with van der Waals surface area (Å²) in [7, 11) is 0. The molecule has 1 saturated heterocycles. The number of benzene rings is 1. The van der Waals surface area contributed by atoms with E-state index in [-0.39, 0.29) is 11.8 Å². The van der Waals surface area contributed by atoms with E-state index >= 15 is 0 Å². The van der Waals surface area contributed by atoms with Crippen molar-refractivity contribution < 1.29 is 4.79 Å². The van der Waals surface area contributed by atoms with E-state index in [1.807, 2.05) is 30.3 Å². The van der Waals surface area contributed by atoms with Gasteiger partial charge in [-0.15, -0.1) is 0 Å². The molecule has 0 saturated carbocycles. The standard InChI is InChI=1S/C17H25NO/c1-4-16(17(19)15-10-6-5-7-11-15)18-12-8-9-13(2)14(18)3/h5-7,10-11,13-14,16H,4,8-9,12H2,1-3H3. The van der Waals surface area contributed by atoms with Gasteiger partial charge in [0.2, 0.25) is 0 Å². The lowest BCUT2D eigenvalue weighted by Crippen LogP contribution is -2.51. The number of piperidine rings is 1. The minimum atomic E-state index is 0.0418. The number of likely N-dealkylation sites (tertiary alicyclic amines) is 1. The number of carbonyl (C=O) groups excluding carboxylic acids is 1. The molecule has 0 spiro atoms. The topological polar surface area (TPSA) is 20.3 Å². The normalized spacial score (nSPS) is 26.1. The maximum atomic E-state index is 12.7. The lowest BCUT2D eigenvalue weighted by atomic mass is 9.88. The average Bonchev–Trinajstić information content (AvgIpc) is 2.45. The number of nitrogens with zero attached hydrogens (tertiary/aromatic N) is 1. The molecule has 0 aliphatic carbocycles. The summed E-state index contributed by atoms with van der Waals surface area (Å²) in [4.78, 5) is 15.1. The molecule has 2 rings (SSSR count).